The predicted octanol–water partition coefficient (Wildman–Crippen LogP) is 3.34. The average Bonchev–Trinajstić information content (AvgIpc) is 2.64. The number of nitrogens with zero attached hydrogens (tertiary/aromatic N) is 3. The Labute approximate surface area is 182 Å². The van der Waals surface area contributed by atoms with Gasteiger partial charge in [0.05, 0.1) is 37.0 Å². The summed E-state index contributed by atoms with van der Waals surface area (Å²) in [6.07, 6.45) is 5.53. The molecule has 2 aliphatic heterocycles. The highest BCUT2D eigenvalue weighted by molar-refractivity contribution is 5.54. The lowest BCUT2D eigenvalue weighted by Gasteiger charge is -2.60. The predicted molar refractivity (Wildman–Crippen MR) is 116 cm³/mol. The Morgan fingerprint density at radius 1 is 1.13 bits per heavy atom. The van der Waals surface area contributed by atoms with E-state index in [9.17, 15) is 4.79 Å². The van der Waals surface area contributed by atoms with Crippen molar-refractivity contribution in [3.63, 3.8) is 0 Å². The number of rotatable bonds is 9. The molecule has 2 aliphatic rings. The molecule has 1 atom stereocenters. The first-order chi connectivity index (χ1) is 14.9. The smallest absolute Gasteiger partial charge is 0.222 e. The van der Waals surface area contributed by atoms with E-state index >= 15 is 0 Å². The number of amides is 1. The minimum Gasteiger partial charge on any atom is -0.491 e. The van der Waals surface area contributed by atoms with Crippen molar-refractivity contribution in [3.05, 3.63) is 41.7 Å². The molecule has 0 aliphatic carbocycles. The molecule has 31 heavy (non-hydrogen) atoms. The summed E-state index contributed by atoms with van der Waals surface area (Å²) in [5.41, 5.74) is 1.84. The fourth-order valence-corrected chi connectivity index (χ4v) is 4.05. The number of likely N-dealkylation sites (tertiary alicyclic amines) is 1. The molecule has 8 heteroatoms. The van der Waals surface area contributed by atoms with Crippen LogP contribution in [0, 0.1) is 0 Å². The van der Waals surface area contributed by atoms with E-state index < -0.39 is 0 Å². The summed E-state index contributed by atoms with van der Waals surface area (Å²) in [6.45, 7) is 9.75. The SMILES string of the molecule is CC(C)Oc1cc(CNc2ncc(C3CC4(COC4)N3C=O)cn2)cc(OC(C)C)c1. The van der Waals surface area contributed by atoms with E-state index in [-0.39, 0.29) is 23.8 Å². The Bertz CT molecular complexity index is 884. The maximum atomic E-state index is 11.5. The van der Waals surface area contributed by atoms with Gasteiger partial charge in [0, 0.05) is 30.6 Å². The van der Waals surface area contributed by atoms with Crippen LogP contribution < -0.4 is 14.8 Å². The van der Waals surface area contributed by atoms with Crippen molar-refractivity contribution in [2.45, 2.75) is 64.4 Å². The highest BCUT2D eigenvalue weighted by Gasteiger charge is 2.56. The summed E-state index contributed by atoms with van der Waals surface area (Å²) >= 11 is 0. The number of aromatic nitrogens is 2. The summed E-state index contributed by atoms with van der Waals surface area (Å²) in [5, 5.41) is 3.25. The van der Waals surface area contributed by atoms with Gasteiger partial charge in [0.2, 0.25) is 12.4 Å². The number of carbonyl (C=O) groups excluding carboxylic acids is 1. The highest BCUT2D eigenvalue weighted by atomic mass is 16.5. The number of anilines is 1. The van der Waals surface area contributed by atoms with Crippen LogP contribution in [-0.4, -0.2) is 52.2 Å². The lowest BCUT2D eigenvalue weighted by atomic mass is 9.75. The highest BCUT2D eigenvalue weighted by Crippen LogP contribution is 2.48. The Morgan fingerprint density at radius 2 is 1.74 bits per heavy atom. The van der Waals surface area contributed by atoms with Gasteiger partial charge in [0.25, 0.3) is 0 Å². The van der Waals surface area contributed by atoms with E-state index in [0.29, 0.717) is 25.7 Å². The molecule has 1 aromatic carbocycles. The first-order valence-electron chi connectivity index (χ1n) is 10.7. The topological polar surface area (TPSA) is 85.8 Å². The number of nitrogens with one attached hydrogen (secondary N) is 1. The third-order valence-corrected chi connectivity index (χ3v) is 5.50. The van der Waals surface area contributed by atoms with Crippen molar-refractivity contribution in [2.75, 3.05) is 18.5 Å². The zero-order chi connectivity index (χ0) is 22.0. The number of benzene rings is 1. The molecule has 1 spiro atoms. The summed E-state index contributed by atoms with van der Waals surface area (Å²) in [7, 11) is 0. The van der Waals surface area contributed by atoms with Crippen molar-refractivity contribution in [3.8, 4) is 11.5 Å². The molecule has 4 rings (SSSR count). The van der Waals surface area contributed by atoms with Gasteiger partial charge in [-0.05, 0) is 51.8 Å². The number of ether oxygens (including phenoxy) is 3. The van der Waals surface area contributed by atoms with Crippen LogP contribution in [0.1, 0.15) is 51.3 Å². The number of hydrogen-bond donors (Lipinski definition) is 1. The largest absolute Gasteiger partial charge is 0.491 e. The standard InChI is InChI=1S/C23H30N4O4/c1-15(2)30-19-5-17(6-20(7-19)31-16(3)4)9-24-22-25-10-18(11-26-22)21-8-23(12-29-13-23)27(21)14-28/h5-7,10-11,14-16,21H,8-9,12-13H2,1-4H3,(H,24,25,26). The van der Waals surface area contributed by atoms with Crippen LogP contribution in [0.4, 0.5) is 5.95 Å². The molecule has 3 heterocycles. The Hall–Kier alpha value is -2.87. The van der Waals surface area contributed by atoms with Gasteiger partial charge in [-0.2, -0.15) is 0 Å². The molecule has 1 aromatic heterocycles. The zero-order valence-electron chi connectivity index (χ0n) is 18.5. The fourth-order valence-electron chi connectivity index (χ4n) is 4.05. The van der Waals surface area contributed by atoms with Crippen LogP contribution in [0.25, 0.3) is 0 Å². The summed E-state index contributed by atoms with van der Waals surface area (Å²) < 4.78 is 17.0. The molecule has 2 aromatic rings. The second-order valence-corrected chi connectivity index (χ2v) is 8.79. The van der Waals surface area contributed by atoms with Gasteiger partial charge in [-0.1, -0.05) is 0 Å². The third-order valence-electron chi connectivity index (χ3n) is 5.50. The summed E-state index contributed by atoms with van der Waals surface area (Å²) in [6, 6.07) is 5.92. The molecule has 1 amide bonds. The normalized spacial score (nSPS) is 19.2. The maximum Gasteiger partial charge on any atom is 0.222 e. The molecule has 0 bridgehead atoms. The van der Waals surface area contributed by atoms with E-state index in [1.54, 1.807) is 12.4 Å². The minimum absolute atomic E-state index is 0.0241. The minimum atomic E-state index is -0.109. The first kappa shape index (κ1) is 21.4. The van der Waals surface area contributed by atoms with Crippen LogP contribution in [0.3, 0.4) is 0 Å². The summed E-state index contributed by atoms with van der Waals surface area (Å²) in [4.78, 5) is 22.2. The second-order valence-electron chi connectivity index (χ2n) is 8.79. The average molecular weight is 427 g/mol. The molecule has 2 fully saturated rings. The molecular formula is C23H30N4O4. The molecule has 8 nitrogen and oxygen atoms in total. The second kappa shape index (κ2) is 8.70. The van der Waals surface area contributed by atoms with Crippen LogP contribution in [0.5, 0.6) is 11.5 Å². The fraction of sp³-hybridized carbons (Fsp3) is 0.522. The van der Waals surface area contributed by atoms with E-state index in [1.165, 1.54) is 0 Å². The number of hydrogen-bond acceptors (Lipinski definition) is 7. The van der Waals surface area contributed by atoms with Crippen molar-refractivity contribution in [2.24, 2.45) is 0 Å². The Kier molecular flexibility index (Phi) is 6.00. The molecule has 0 radical (unpaired) electrons. The van der Waals surface area contributed by atoms with Crippen LogP contribution in [0.2, 0.25) is 0 Å². The maximum absolute atomic E-state index is 11.5. The monoisotopic (exact) mass is 426 g/mol. The van der Waals surface area contributed by atoms with Crippen LogP contribution >= 0.6 is 0 Å². The van der Waals surface area contributed by atoms with Crippen LogP contribution in [0.15, 0.2) is 30.6 Å². The van der Waals surface area contributed by atoms with Gasteiger partial charge < -0.3 is 24.4 Å². The molecule has 0 saturated carbocycles. The van der Waals surface area contributed by atoms with Gasteiger partial charge >= 0.3 is 0 Å². The molecule has 166 valence electrons. The van der Waals surface area contributed by atoms with Crippen molar-refractivity contribution >= 4 is 12.4 Å². The first-order valence-corrected chi connectivity index (χ1v) is 10.7. The number of carbonyl (C=O) groups is 1. The van der Waals surface area contributed by atoms with Crippen molar-refractivity contribution in [1.82, 2.24) is 14.9 Å². The van der Waals surface area contributed by atoms with Crippen LogP contribution in [-0.2, 0) is 16.1 Å². The Morgan fingerprint density at radius 3 is 2.23 bits per heavy atom. The molecule has 1 unspecified atom stereocenters. The van der Waals surface area contributed by atoms with E-state index in [0.717, 1.165) is 35.5 Å². The van der Waals surface area contributed by atoms with Crippen molar-refractivity contribution in [1.29, 1.82) is 0 Å². The van der Waals surface area contributed by atoms with E-state index in [1.807, 2.05) is 50.8 Å². The molecule has 2 saturated heterocycles. The van der Waals surface area contributed by atoms with Crippen molar-refractivity contribution < 1.29 is 19.0 Å². The third kappa shape index (κ3) is 4.58. The van der Waals surface area contributed by atoms with Gasteiger partial charge in [-0.15, -0.1) is 0 Å². The van der Waals surface area contributed by atoms with Gasteiger partial charge in [-0.3, -0.25) is 4.79 Å². The summed E-state index contributed by atoms with van der Waals surface area (Å²) in [5.74, 6) is 2.08. The van der Waals surface area contributed by atoms with E-state index in [2.05, 4.69) is 15.3 Å². The lowest BCUT2D eigenvalue weighted by molar-refractivity contribution is -0.213. The van der Waals surface area contributed by atoms with Gasteiger partial charge in [0.1, 0.15) is 11.5 Å². The lowest BCUT2D eigenvalue weighted by Crippen LogP contribution is -2.71. The molecular weight excluding hydrogens is 396 g/mol. The van der Waals surface area contributed by atoms with E-state index in [4.69, 9.17) is 14.2 Å². The van der Waals surface area contributed by atoms with Gasteiger partial charge in [0.15, 0.2) is 0 Å². The molecule has 1 N–H and O–H groups in total. The van der Waals surface area contributed by atoms with Gasteiger partial charge in [-0.25, -0.2) is 9.97 Å². The zero-order valence-corrected chi connectivity index (χ0v) is 18.5. The quantitative estimate of drug-likeness (QED) is 0.616. The Balaban J connectivity index is 1.40.